The average Bonchev–Trinajstić information content (AvgIpc) is 3.89. The lowest BCUT2D eigenvalue weighted by Crippen LogP contribution is -2.57. The molecule has 18 atom stereocenters. The SMILES string of the molecule is CCC(O)C1(C)CC(C)C(C2CC(C)C(C3(C)OC(C4(C)OC5(CC(O)C(C)C(CC(OC(=O)c6c(C)cc(OC)cc6O)C(C)(O)C(=O)O)O5)CC4C)CC3OC)O2)O1. The molecule has 1 aromatic rings. The Balaban J connectivity index is 1.20. The van der Waals surface area contributed by atoms with Crippen molar-refractivity contribution in [2.45, 2.75) is 197 Å². The molecule has 15 heteroatoms. The number of benzene rings is 1. The van der Waals surface area contributed by atoms with Gasteiger partial charge in [0.2, 0.25) is 0 Å². The first-order valence-corrected chi connectivity index (χ1v) is 21.7. The molecule has 0 aliphatic carbocycles. The largest absolute Gasteiger partial charge is 0.507 e. The minimum Gasteiger partial charge on any atom is -0.507 e. The van der Waals surface area contributed by atoms with E-state index in [1.165, 1.54) is 19.2 Å². The summed E-state index contributed by atoms with van der Waals surface area (Å²) < 4.78 is 51.4. The Bertz CT molecular complexity index is 1710. The predicted molar refractivity (Wildman–Crippen MR) is 217 cm³/mol. The Morgan fingerprint density at radius 2 is 1.67 bits per heavy atom. The molecule has 18 unspecified atom stereocenters. The van der Waals surface area contributed by atoms with Crippen molar-refractivity contribution in [2.75, 3.05) is 14.2 Å². The minimum atomic E-state index is -2.57. The highest BCUT2D eigenvalue weighted by Crippen LogP contribution is 2.56. The first-order valence-electron chi connectivity index (χ1n) is 21.7. The summed E-state index contributed by atoms with van der Waals surface area (Å²) in [4.78, 5) is 26.0. The second kappa shape index (κ2) is 16.8. The highest BCUT2D eigenvalue weighted by atomic mass is 16.7. The molecule has 60 heavy (non-hydrogen) atoms. The lowest BCUT2D eigenvalue weighted by molar-refractivity contribution is -0.329. The van der Waals surface area contributed by atoms with E-state index >= 15 is 0 Å². The molecule has 0 aromatic heterocycles. The van der Waals surface area contributed by atoms with Crippen LogP contribution in [0.4, 0.5) is 0 Å². The van der Waals surface area contributed by atoms with Crippen LogP contribution in [0.1, 0.15) is 123 Å². The number of methoxy groups -OCH3 is 2. The van der Waals surface area contributed by atoms with Gasteiger partial charge in [-0.05, 0) is 83.3 Å². The van der Waals surface area contributed by atoms with Gasteiger partial charge < -0.3 is 63.4 Å². The van der Waals surface area contributed by atoms with E-state index in [1.807, 2.05) is 34.6 Å². The lowest BCUT2D eigenvalue weighted by Gasteiger charge is -2.47. The number of ether oxygens (including phenoxy) is 8. The first-order chi connectivity index (χ1) is 27.9. The molecule has 5 N–H and O–H groups in total. The van der Waals surface area contributed by atoms with Gasteiger partial charge in [0.1, 0.15) is 28.8 Å². The maximum Gasteiger partial charge on any atom is 0.342 e. The molecule has 0 radical (unpaired) electrons. The van der Waals surface area contributed by atoms with E-state index in [4.69, 9.17) is 37.9 Å². The second-order valence-electron chi connectivity index (χ2n) is 19.6. The fourth-order valence-corrected chi connectivity index (χ4v) is 11.2. The number of aliphatic carboxylic acids is 1. The van der Waals surface area contributed by atoms with Gasteiger partial charge >= 0.3 is 11.9 Å². The number of phenols is 1. The number of rotatable bonds is 13. The lowest BCUT2D eigenvalue weighted by atomic mass is 9.79. The monoisotopic (exact) mass is 850 g/mol. The number of aryl methyl sites for hydroxylation is 1. The number of carbonyl (C=O) groups excluding carboxylic acids is 1. The number of hydrogen-bond donors (Lipinski definition) is 5. The van der Waals surface area contributed by atoms with Gasteiger partial charge in [0, 0.05) is 44.8 Å². The number of aliphatic hydroxyl groups excluding tert-OH is 2. The van der Waals surface area contributed by atoms with Crippen molar-refractivity contribution in [1.82, 2.24) is 0 Å². The first kappa shape index (κ1) is 46.9. The highest BCUT2D eigenvalue weighted by molar-refractivity contribution is 5.94. The molecule has 340 valence electrons. The summed E-state index contributed by atoms with van der Waals surface area (Å²) in [6, 6.07) is 2.76. The number of hydrogen-bond acceptors (Lipinski definition) is 14. The van der Waals surface area contributed by atoms with Gasteiger partial charge in [-0.15, -0.1) is 0 Å². The van der Waals surface area contributed by atoms with E-state index in [2.05, 4.69) is 13.8 Å². The summed E-state index contributed by atoms with van der Waals surface area (Å²) in [7, 11) is 3.09. The van der Waals surface area contributed by atoms with Gasteiger partial charge in [0.05, 0.1) is 67.1 Å². The molecule has 6 rings (SSSR count). The van der Waals surface area contributed by atoms with E-state index in [-0.39, 0.29) is 60.6 Å². The summed E-state index contributed by atoms with van der Waals surface area (Å²) in [5.74, 6) is -4.54. The third-order valence-electron chi connectivity index (χ3n) is 15.1. The third kappa shape index (κ3) is 8.20. The summed E-state index contributed by atoms with van der Waals surface area (Å²) >= 11 is 0. The smallest absolute Gasteiger partial charge is 0.342 e. The summed E-state index contributed by atoms with van der Waals surface area (Å²) in [5.41, 5.74) is -4.88. The maximum atomic E-state index is 13.6. The fourth-order valence-electron chi connectivity index (χ4n) is 11.2. The Labute approximate surface area is 354 Å². The van der Waals surface area contributed by atoms with Crippen LogP contribution in [0.15, 0.2) is 12.1 Å². The molecule has 5 saturated heterocycles. The van der Waals surface area contributed by atoms with E-state index in [9.17, 15) is 35.1 Å². The van der Waals surface area contributed by atoms with Crippen molar-refractivity contribution in [2.24, 2.45) is 23.7 Å². The van der Waals surface area contributed by atoms with Crippen LogP contribution in [0.25, 0.3) is 0 Å². The summed E-state index contributed by atoms with van der Waals surface area (Å²) in [6.45, 7) is 18.7. The molecule has 15 nitrogen and oxygen atoms in total. The second-order valence-corrected chi connectivity index (χ2v) is 19.6. The average molecular weight is 851 g/mol. The number of carboxylic acid groups (broad SMARTS) is 1. The standard InChI is InChI=1S/C45H70O15/c1-13-32(48)41(7)19-24(4)37(59-41)31-15-23(3)38(55-31)44(10)34(54-12)18-35(58-44)43(9)25(5)20-45(60-43)21-29(47)26(6)30(57-45)17-33(42(8,52)40(50)51)56-39(49)36-22(2)14-27(53-11)16-28(36)46/h14,16,23-26,29-35,37-38,46-48,52H,13,15,17-21H2,1-12H3,(H,50,51). The molecule has 5 aliphatic rings. The van der Waals surface area contributed by atoms with E-state index in [0.29, 0.717) is 30.6 Å². The van der Waals surface area contributed by atoms with Crippen molar-refractivity contribution >= 4 is 11.9 Å². The van der Waals surface area contributed by atoms with Crippen molar-refractivity contribution in [3.63, 3.8) is 0 Å². The van der Waals surface area contributed by atoms with Crippen LogP contribution < -0.4 is 4.74 Å². The van der Waals surface area contributed by atoms with Crippen LogP contribution in [0.2, 0.25) is 0 Å². The number of carboxylic acids is 1. The van der Waals surface area contributed by atoms with Crippen molar-refractivity contribution in [1.29, 1.82) is 0 Å². The Morgan fingerprint density at radius 1 is 0.983 bits per heavy atom. The van der Waals surface area contributed by atoms with Gasteiger partial charge in [0.25, 0.3) is 0 Å². The van der Waals surface area contributed by atoms with Crippen molar-refractivity contribution in [3.8, 4) is 11.5 Å². The van der Waals surface area contributed by atoms with Gasteiger partial charge in [-0.1, -0.05) is 34.6 Å². The number of phenolic OH excluding ortho intramolecular Hbond substituents is 1. The van der Waals surface area contributed by atoms with E-state index < -0.39 is 82.3 Å². The van der Waals surface area contributed by atoms with Gasteiger partial charge in [-0.25, -0.2) is 9.59 Å². The predicted octanol–water partition coefficient (Wildman–Crippen LogP) is 5.07. The molecule has 5 fully saturated rings. The van der Waals surface area contributed by atoms with Crippen LogP contribution in [-0.2, 0) is 38.0 Å². The fraction of sp³-hybridized carbons (Fsp3) is 0.822. The van der Waals surface area contributed by atoms with Crippen molar-refractivity contribution < 1.29 is 73.0 Å². The Kier molecular flexibility index (Phi) is 13.2. The molecule has 0 saturated carbocycles. The molecular formula is C45H70O15. The minimum absolute atomic E-state index is 0.109. The molecule has 1 spiro atoms. The third-order valence-corrected chi connectivity index (χ3v) is 15.1. The Morgan fingerprint density at radius 3 is 2.27 bits per heavy atom. The van der Waals surface area contributed by atoms with Gasteiger partial charge in [-0.2, -0.15) is 0 Å². The number of aromatic hydroxyl groups is 1. The molecule has 0 bridgehead atoms. The van der Waals surface area contributed by atoms with Crippen LogP contribution in [0, 0.1) is 30.6 Å². The highest BCUT2D eigenvalue weighted by Gasteiger charge is 2.66. The zero-order valence-electron chi connectivity index (χ0n) is 37.4. The maximum absolute atomic E-state index is 13.6. The van der Waals surface area contributed by atoms with Gasteiger partial charge in [0.15, 0.2) is 11.4 Å². The number of aliphatic hydroxyl groups is 3. The topological polar surface area (TPSA) is 209 Å². The van der Waals surface area contributed by atoms with Crippen LogP contribution >= 0.6 is 0 Å². The van der Waals surface area contributed by atoms with E-state index in [1.54, 1.807) is 21.0 Å². The molecule has 0 amide bonds. The van der Waals surface area contributed by atoms with Crippen molar-refractivity contribution in [3.05, 3.63) is 23.3 Å². The van der Waals surface area contributed by atoms with Gasteiger partial charge in [-0.3, -0.25) is 0 Å². The zero-order valence-corrected chi connectivity index (χ0v) is 37.4. The zero-order chi connectivity index (χ0) is 44.5. The van der Waals surface area contributed by atoms with Crippen LogP contribution in [0.5, 0.6) is 11.5 Å². The molecule has 1 aromatic carbocycles. The number of carbonyl (C=O) groups is 2. The number of esters is 1. The molecule has 5 heterocycles. The van der Waals surface area contributed by atoms with Crippen LogP contribution in [-0.4, -0.2) is 135 Å². The summed E-state index contributed by atoms with van der Waals surface area (Å²) in [6.07, 6.45) is -2.82. The molecular weight excluding hydrogens is 780 g/mol. The van der Waals surface area contributed by atoms with Crippen LogP contribution in [0.3, 0.4) is 0 Å². The quantitative estimate of drug-likeness (QED) is 0.164. The summed E-state index contributed by atoms with van der Waals surface area (Å²) in [5, 5.41) is 54.4. The van der Waals surface area contributed by atoms with E-state index in [0.717, 1.165) is 19.8 Å². The normalized spacial score (nSPS) is 43.8. The Hall–Kier alpha value is -2.60. The molecule has 5 aliphatic heterocycles.